The first kappa shape index (κ1) is 32.6. The summed E-state index contributed by atoms with van der Waals surface area (Å²) in [6.45, 7) is 0. The van der Waals surface area contributed by atoms with Crippen LogP contribution in [-0.2, 0) is 5.41 Å². The Morgan fingerprint density at radius 2 is 0.821 bits per heavy atom. The van der Waals surface area contributed by atoms with Crippen LogP contribution in [0.15, 0.2) is 216 Å². The first-order valence-corrected chi connectivity index (χ1v) is 19.9. The summed E-state index contributed by atoms with van der Waals surface area (Å²) >= 11 is 1.88. The highest BCUT2D eigenvalue weighted by atomic mass is 32.2. The Morgan fingerprint density at radius 1 is 0.304 bits per heavy atom. The first-order chi connectivity index (χ1) is 27.8. The van der Waals surface area contributed by atoms with Gasteiger partial charge in [-0.1, -0.05) is 194 Å². The van der Waals surface area contributed by atoms with Gasteiger partial charge in [0.15, 0.2) is 5.82 Å². The monoisotopic (exact) mass is 730 g/mol. The van der Waals surface area contributed by atoms with E-state index in [0.717, 1.165) is 44.8 Å². The van der Waals surface area contributed by atoms with E-state index < -0.39 is 0 Å². The van der Waals surface area contributed by atoms with Crippen molar-refractivity contribution in [2.24, 2.45) is 0 Å². The van der Waals surface area contributed by atoms with Crippen molar-refractivity contribution in [2.75, 3.05) is 0 Å². The molecule has 0 saturated heterocycles. The van der Waals surface area contributed by atoms with E-state index in [-0.39, 0.29) is 5.41 Å². The van der Waals surface area contributed by atoms with Crippen molar-refractivity contribution >= 4 is 11.8 Å². The molecule has 0 bridgehead atoms. The molecule has 0 radical (unpaired) electrons. The highest BCUT2D eigenvalue weighted by Crippen LogP contribution is 2.62. The molecule has 2 nitrogen and oxygen atoms in total. The van der Waals surface area contributed by atoms with E-state index in [1.165, 1.54) is 48.7 Å². The van der Waals surface area contributed by atoms with E-state index in [2.05, 4.69) is 200 Å². The summed E-state index contributed by atoms with van der Waals surface area (Å²) < 4.78 is 0. The second kappa shape index (κ2) is 13.2. The fourth-order valence-electron chi connectivity index (χ4n) is 8.93. The van der Waals surface area contributed by atoms with Crippen molar-refractivity contribution in [3.8, 4) is 67.3 Å². The lowest BCUT2D eigenvalue weighted by molar-refractivity contribution is 0.722. The highest BCUT2D eigenvalue weighted by Gasteiger charge is 2.50. The molecular formula is C53H34N2S. The topological polar surface area (TPSA) is 25.8 Å². The molecule has 0 saturated carbocycles. The van der Waals surface area contributed by atoms with Crippen LogP contribution in [0.25, 0.3) is 67.3 Å². The first-order valence-electron chi connectivity index (χ1n) is 19.1. The SMILES string of the molecule is c1ccc(-c2cc(-c3ccccc3-c3ccccc3)nc(-c3cccc(-c4ccc5c(c4)Sc4ccccc4C54c5ccccc5-c5ccccc54)c3)n2)cc1. The predicted molar refractivity (Wildman–Crippen MR) is 231 cm³/mol. The van der Waals surface area contributed by atoms with Crippen molar-refractivity contribution in [1.82, 2.24) is 9.97 Å². The third kappa shape index (κ3) is 5.12. The number of aromatic nitrogens is 2. The van der Waals surface area contributed by atoms with E-state index in [0.29, 0.717) is 5.82 Å². The molecule has 2 aliphatic rings. The molecule has 56 heavy (non-hydrogen) atoms. The quantitative estimate of drug-likeness (QED) is 0.176. The summed E-state index contributed by atoms with van der Waals surface area (Å²) in [5.74, 6) is 0.699. The maximum Gasteiger partial charge on any atom is 0.160 e. The van der Waals surface area contributed by atoms with Crippen LogP contribution >= 0.6 is 11.8 Å². The van der Waals surface area contributed by atoms with Crippen LogP contribution in [0, 0.1) is 0 Å². The molecule has 3 heteroatoms. The number of fused-ring (bicyclic) bond motifs is 9. The van der Waals surface area contributed by atoms with Gasteiger partial charge in [0, 0.05) is 26.5 Å². The molecule has 2 heterocycles. The van der Waals surface area contributed by atoms with Crippen molar-refractivity contribution in [3.63, 3.8) is 0 Å². The molecule has 0 unspecified atom stereocenters. The maximum atomic E-state index is 5.29. The Hall–Kier alpha value is -6.81. The molecule has 1 aromatic heterocycles. The average Bonchev–Trinajstić information content (AvgIpc) is 3.57. The van der Waals surface area contributed by atoms with E-state index in [4.69, 9.17) is 9.97 Å². The molecule has 0 amide bonds. The molecular weight excluding hydrogens is 697 g/mol. The van der Waals surface area contributed by atoms with Gasteiger partial charge in [-0.3, -0.25) is 0 Å². The highest BCUT2D eigenvalue weighted by molar-refractivity contribution is 7.99. The lowest BCUT2D eigenvalue weighted by atomic mass is 9.67. The van der Waals surface area contributed by atoms with Crippen molar-refractivity contribution in [1.29, 1.82) is 0 Å². The zero-order valence-corrected chi connectivity index (χ0v) is 31.2. The van der Waals surface area contributed by atoms with Gasteiger partial charge in [-0.05, 0) is 79.9 Å². The summed E-state index contributed by atoms with van der Waals surface area (Å²) in [6.07, 6.45) is 0. The summed E-state index contributed by atoms with van der Waals surface area (Å²) in [4.78, 5) is 13.1. The second-order valence-corrected chi connectivity index (χ2v) is 15.6. The minimum absolute atomic E-state index is 0.386. The van der Waals surface area contributed by atoms with Gasteiger partial charge in [0.1, 0.15) is 0 Å². The number of benzene rings is 8. The number of hydrogen-bond donors (Lipinski definition) is 0. The number of nitrogens with zero attached hydrogens (tertiary/aromatic N) is 2. The van der Waals surface area contributed by atoms with Crippen LogP contribution in [0.1, 0.15) is 22.3 Å². The van der Waals surface area contributed by atoms with Crippen molar-refractivity contribution in [3.05, 3.63) is 229 Å². The van der Waals surface area contributed by atoms with E-state index in [1.807, 2.05) is 17.8 Å². The van der Waals surface area contributed by atoms with Gasteiger partial charge < -0.3 is 0 Å². The van der Waals surface area contributed by atoms with Gasteiger partial charge in [0.25, 0.3) is 0 Å². The summed E-state index contributed by atoms with van der Waals surface area (Å²) in [5, 5.41) is 0. The van der Waals surface area contributed by atoms with Gasteiger partial charge in [0.05, 0.1) is 16.8 Å². The van der Waals surface area contributed by atoms with Crippen molar-refractivity contribution < 1.29 is 0 Å². The van der Waals surface area contributed by atoms with Gasteiger partial charge in [-0.2, -0.15) is 0 Å². The third-order valence-corrected chi connectivity index (χ3v) is 12.5. The molecule has 0 atom stereocenters. The molecule has 1 spiro atoms. The van der Waals surface area contributed by atoms with Gasteiger partial charge in [-0.15, -0.1) is 0 Å². The molecule has 0 N–H and O–H groups in total. The minimum Gasteiger partial charge on any atom is -0.228 e. The summed E-state index contributed by atoms with van der Waals surface area (Å²) in [5.41, 5.74) is 17.1. The Balaban J connectivity index is 1.06. The third-order valence-electron chi connectivity index (χ3n) is 11.4. The number of hydrogen-bond acceptors (Lipinski definition) is 3. The zero-order valence-electron chi connectivity index (χ0n) is 30.4. The molecule has 262 valence electrons. The number of rotatable bonds is 5. The Morgan fingerprint density at radius 3 is 1.55 bits per heavy atom. The molecule has 0 fully saturated rings. The molecule has 1 aliphatic carbocycles. The largest absolute Gasteiger partial charge is 0.228 e. The molecule has 11 rings (SSSR count). The zero-order chi connectivity index (χ0) is 37.1. The van der Waals surface area contributed by atoms with Crippen LogP contribution < -0.4 is 0 Å². The van der Waals surface area contributed by atoms with E-state index >= 15 is 0 Å². The predicted octanol–water partition coefficient (Wildman–Crippen LogP) is 13.6. The van der Waals surface area contributed by atoms with Crippen LogP contribution in [0.3, 0.4) is 0 Å². The average molecular weight is 731 g/mol. The van der Waals surface area contributed by atoms with Crippen molar-refractivity contribution in [2.45, 2.75) is 15.2 Å². The second-order valence-electron chi connectivity index (χ2n) is 14.5. The van der Waals surface area contributed by atoms with Gasteiger partial charge >= 0.3 is 0 Å². The Bertz CT molecular complexity index is 2910. The Labute approximate surface area is 331 Å². The summed E-state index contributed by atoms with van der Waals surface area (Å²) in [6, 6.07) is 74.3. The smallest absolute Gasteiger partial charge is 0.160 e. The maximum absolute atomic E-state index is 5.29. The minimum atomic E-state index is -0.386. The fourth-order valence-corrected chi connectivity index (χ4v) is 10.2. The van der Waals surface area contributed by atoms with Crippen LogP contribution in [0.2, 0.25) is 0 Å². The lowest BCUT2D eigenvalue weighted by Gasteiger charge is -2.39. The van der Waals surface area contributed by atoms with Gasteiger partial charge in [-0.25, -0.2) is 9.97 Å². The van der Waals surface area contributed by atoms with E-state index in [1.54, 1.807) is 0 Å². The lowest BCUT2D eigenvalue weighted by Crippen LogP contribution is -2.31. The standard InChI is InChI=1S/C53H34N2S/c1-3-16-35(17-4-1)40-22-7-8-25-43(40)49-34-48(36-18-5-2-6-19-36)54-52(55-49)39-21-15-20-37(32-39)38-30-31-47-51(33-38)56-50-29-14-13-28-46(50)53(47)44-26-11-9-23-41(44)42-24-10-12-27-45(42)53/h1-34H. The fraction of sp³-hybridized carbons (Fsp3) is 0.0189. The molecule has 1 aliphatic heterocycles. The normalized spacial score (nSPS) is 13.1. The Kier molecular flexibility index (Phi) is 7.68. The summed E-state index contributed by atoms with van der Waals surface area (Å²) in [7, 11) is 0. The van der Waals surface area contributed by atoms with Crippen LogP contribution in [0.4, 0.5) is 0 Å². The van der Waals surface area contributed by atoms with E-state index in [9.17, 15) is 0 Å². The van der Waals surface area contributed by atoms with Crippen LogP contribution in [-0.4, -0.2) is 9.97 Å². The van der Waals surface area contributed by atoms with Crippen LogP contribution in [0.5, 0.6) is 0 Å². The molecule has 9 aromatic rings. The molecule has 8 aromatic carbocycles. The van der Waals surface area contributed by atoms with Gasteiger partial charge in [0.2, 0.25) is 0 Å².